The Hall–Kier alpha value is -9.78. The molecule has 0 aliphatic heterocycles. The number of rotatable bonds is 4. The fourth-order valence-corrected chi connectivity index (χ4v) is 28.2. The SMILES string of the molecule is [C-]#[N+]c1cc2c(c3c1C1c4ccccc4C3c3ccccc31)c1cc([Si](C(C)C)(C(C)C)C(C)C)cc3c4cc5c(cc4n2c31)c1c2c(cc3c4c6c(c(C#N)cc4n5c31)C1c3ccccc3C6c3ccccc31)C1c3ccccc3C2c2ccccc21. The van der Waals surface area contributed by atoms with Gasteiger partial charge in [-0.15, -0.1) is 0 Å². The standard InChI is InChI=1S/C83H58N4Si/c1-40(2)88(41(3)4,42(5)6)44-33-58-57-36-65-59(37-64(57)86-67-38-63(85-7)79-72-51-26-14-18-30-55(51)74(56-31-19-15-27-52(56)72)81(79)75(67)61(34-44)82(58)86)78-77-60(69-45-20-8-10-22-47(45)71(77)48-23-11-9-21-46(48)69)35-62-76-66(87(65)83(62)78)32-43(39-84)68-70-49-24-12-16-28-53(49)73(80(68)76)54-29-17-13-25-50(54)70/h8-38,40-42,69-74H,1-6H3. The summed E-state index contributed by atoms with van der Waals surface area (Å²) in [6.45, 7) is 24.3. The molecule has 0 fully saturated rings. The maximum Gasteiger partial charge on any atom is 0.193 e. The molecular weight excluding hydrogens is 1080 g/mol. The van der Waals surface area contributed by atoms with E-state index >= 15 is 0 Å². The first-order valence-corrected chi connectivity index (χ1v) is 34.3. The topological polar surface area (TPSA) is 37.0 Å². The molecule has 9 aliphatic carbocycles. The van der Waals surface area contributed by atoms with Gasteiger partial charge in [0.2, 0.25) is 0 Å². The molecule has 0 spiro atoms. The van der Waals surface area contributed by atoms with Gasteiger partial charge in [-0.3, -0.25) is 0 Å². The summed E-state index contributed by atoms with van der Waals surface area (Å²) in [6, 6.07) is 75.7. The molecule has 4 heterocycles. The Morgan fingerprint density at radius 1 is 0.364 bits per heavy atom. The molecule has 88 heavy (non-hydrogen) atoms. The lowest BCUT2D eigenvalue weighted by Gasteiger charge is -2.44. The first-order valence-electron chi connectivity index (χ1n) is 32.0. The van der Waals surface area contributed by atoms with Crippen LogP contribution in [0.3, 0.4) is 0 Å². The van der Waals surface area contributed by atoms with Crippen LogP contribution in [-0.4, -0.2) is 16.9 Å². The van der Waals surface area contributed by atoms with Crippen molar-refractivity contribution in [3.05, 3.63) is 305 Å². The molecule has 4 nitrogen and oxygen atoms in total. The highest BCUT2D eigenvalue weighted by Crippen LogP contribution is 2.65. The van der Waals surface area contributed by atoms with Crippen LogP contribution in [0, 0.1) is 17.9 Å². The fourth-order valence-electron chi connectivity index (χ4n) is 21.4. The van der Waals surface area contributed by atoms with E-state index < -0.39 is 8.07 Å². The van der Waals surface area contributed by atoms with E-state index in [4.69, 9.17) is 0 Å². The van der Waals surface area contributed by atoms with E-state index in [1.54, 1.807) is 0 Å². The highest BCUT2D eigenvalue weighted by Gasteiger charge is 2.50. The molecule has 15 aromatic rings. The normalized spacial score (nSPS) is 19.5. The van der Waals surface area contributed by atoms with Crippen LogP contribution in [0.5, 0.6) is 0 Å². The van der Waals surface area contributed by atoms with Gasteiger partial charge in [-0.05, 0) is 147 Å². The highest BCUT2D eigenvalue weighted by atomic mass is 28.3. The summed E-state index contributed by atoms with van der Waals surface area (Å²) >= 11 is 0. The maximum atomic E-state index is 11.7. The molecule has 6 bridgehead atoms. The van der Waals surface area contributed by atoms with Gasteiger partial charge in [0, 0.05) is 84.1 Å². The smallest absolute Gasteiger partial charge is 0.193 e. The Labute approximate surface area is 511 Å². The summed E-state index contributed by atoms with van der Waals surface area (Å²) in [5, 5.41) is 23.6. The molecule has 414 valence electrons. The van der Waals surface area contributed by atoms with Gasteiger partial charge in [0.05, 0.1) is 53.9 Å². The average Bonchev–Trinajstić information content (AvgIpc) is 1.47. The quantitative estimate of drug-likeness (QED) is 0.128. The van der Waals surface area contributed by atoms with E-state index in [0.29, 0.717) is 16.6 Å². The van der Waals surface area contributed by atoms with Crippen molar-refractivity contribution in [1.82, 2.24) is 8.80 Å². The number of nitrogens with zero attached hydrogens (tertiary/aromatic N) is 4. The molecule has 0 unspecified atom stereocenters. The van der Waals surface area contributed by atoms with Crippen molar-refractivity contribution in [3.63, 3.8) is 0 Å². The van der Waals surface area contributed by atoms with Crippen molar-refractivity contribution in [2.24, 2.45) is 0 Å². The largest absolute Gasteiger partial charge is 0.309 e. The summed E-state index contributed by atoms with van der Waals surface area (Å²) in [7, 11) is -2.31. The molecule has 11 aromatic carbocycles. The van der Waals surface area contributed by atoms with E-state index in [9.17, 15) is 11.8 Å². The number of fused-ring (bicyclic) bond motifs is 12. The number of hydrogen-bond donors (Lipinski definition) is 0. The molecule has 0 amide bonds. The molecule has 9 aliphatic rings. The summed E-state index contributed by atoms with van der Waals surface area (Å²) in [5.41, 5.74) is 34.4. The van der Waals surface area contributed by atoms with Crippen molar-refractivity contribution in [3.8, 4) is 6.07 Å². The average molecular weight is 1140 g/mol. The Balaban J connectivity index is 0.972. The van der Waals surface area contributed by atoms with Gasteiger partial charge in [-0.1, -0.05) is 204 Å². The lowest BCUT2D eigenvalue weighted by molar-refractivity contribution is 0.758. The van der Waals surface area contributed by atoms with Crippen LogP contribution in [0.15, 0.2) is 188 Å². The van der Waals surface area contributed by atoms with Crippen molar-refractivity contribution in [2.75, 3.05) is 0 Å². The summed E-state index contributed by atoms with van der Waals surface area (Å²) in [6.07, 6.45) is 0. The van der Waals surface area contributed by atoms with Crippen LogP contribution < -0.4 is 5.19 Å². The second-order valence-corrected chi connectivity index (χ2v) is 33.8. The van der Waals surface area contributed by atoms with E-state index in [0.717, 1.165) is 22.3 Å². The van der Waals surface area contributed by atoms with Gasteiger partial charge in [-0.2, -0.15) is 5.26 Å². The molecule has 24 rings (SSSR count). The minimum Gasteiger partial charge on any atom is -0.309 e. The Kier molecular flexibility index (Phi) is 8.81. The zero-order valence-electron chi connectivity index (χ0n) is 49.9. The molecule has 5 heteroatoms. The van der Waals surface area contributed by atoms with Gasteiger partial charge in [0.15, 0.2) is 5.69 Å². The second-order valence-electron chi connectivity index (χ2n) is 27.9. The minimum absolute atomic E-state index is 0.00493. The molecular formula is C83H58N4Si. The zero-order chi connectivity index (χ0) is 58.4. The maximum absolute atomic E-state index is 11.7. The lowest BCUT2D eigenvalue weighted by Crippen LogP contribution is -2.55. The third-order valence-electron chi connectivity index (χ3n) is 23.9. The Bertz CT molecular complexity index is 5720. The van der Waals surface area contributed by atoms with E-state index in [1.807, 2.05) is 0 Å². The molecule has 4 aromatic heterocycles. The molecule has 0 saturated heterocycles. The van der Waals surface area contributed by atoms with Crippen LogP contribution in [-0.2, 0) is 0 Å². The number of aromatic nitrogens is 2. The second kappa shape index (κ2) is 16.0. The van der Waals surface area contributed by atoms with Crippen LogP contribution >= 0.6 is 0 Å². The van der Waals surface area contributed by atoms with Crippen LogP contribution in [0.25, 0.3) is 81.0 Å². The van der Waals surface area contributed by atoms with E-state index in [-0.39, 0.29) is 35.5 Å². The fraction of sp³-hybridized carbons (Fsp3) is 0.181. The first kappa shape index (κ1) is 48.3. The number of nitriles is 1. The molecule has 0 N–H and O–H groups in total. The Morgan fingerprint density at radius 2 is 0.739 bits per heavy atom. The molecule has 0 saturated carbocycles. The van der Waals surface area contributed by atoms with Crippen molar-refractivity contribution in [2.45, 2.75) is 93.7 Å². The van der Waals surface area contributed by atoms with Gasteiger partial charge >= 0.3 is 0 Å². The minimum atomic E-state index is -2.31. The van der Waals surface area contributed by atoms with Crippen LogP contribution in [0.1, 0.15) is 183 Å². The molecule has 0 radical (unpaired) electrons. The van der Waals surface area contributed by atoms with E-state index in [2.05, 4.69) is 249 Å². The third-order valence-corrected chi connectivity index (χ3v) is 30.9. The summed E-state index contributed by atoms with van der Waals surface area (Å²) in [4.78, 5) is 4.58. The Morgan fingerprint density at radius 3 is 1.20 bits per heavy atom. The van der Waals surface area contributed by atoms with Gasteiger partial charge in [0.1, 0.15) is 0 Å². The van der Waals surface area contributed by atoms with Gasteiger partial charge in [-0.25, -0.2) is 4.85 Å². The monoisotopic (exact) mass is 1140 g/mol. The lowest BCUT2D eigenvalue weighted by atomic mass is 9.59. The number of hydrogen-bond acceptors (Lipinski definition) is 1. The zero-order valence-corrected chi connectivity index (χ0v) is 50.9. The van der Waals surface area contributed by atoms with E-state index in [1.165, 1.54) is 170 Å². The third kappa shape index (κ3) is 5.19. The van der Waals surface area contributed by atoms with Crippen molar-refractivity contribution in [1.29, 1.82) is 5.26 Å². The summed E-state index contributed by atoms with van der Waals surface area (Å²) in [5.74, 6) is -0.00131. The molecule has 0 atom stereocenters. The van der Waals surface area contributed by atoms with Gasteiger partial charge in [0.25, 0.3) is 0 Å². The van der Waals surface area contributed by atoms with Crippen LogP contribution in [0.2, 0.25) is 16.6 Å². The summed E-state index contributed by atoms with van der Waals surface area (Å²) < 4.78 is 5.27. The predicted molar refractivity (Wildman–Crippen MR) is 362 cm³/mol. The van der Waals surface area contributed by atoms with Gasteiger partial charge < -0.3 is 8.80 Å². The number of benzene rings is 11. The predicted octanol–water partition coefficient (Wildman–Crippen LogP) is 20.3. The highest BCUT2D eigenvalue weighted by molar-refractivity contribution is 6.95. The first-order chi connectivity index (χ1) is 43.1. The van der Waals surface area contributed by atoms with Crippen LogP contribution in [0.4, 0.5) is 5.69 Å². The van der Waals surface area contributed by atoms with Crippen molar-refractivity contribution >= 4 is 95.1 Å². The van der Waals surface area contributed by atoms with Crippen molar-refractivity contribution < 1.29 is 0 Å².